The van der Waals surface area contributed by atoms with Gasteiger partial charge in [0.2, 0.25) is 0 Å². The number of hydrogen-bond donors (Lipinski definition) is 2. The molecule has 1 aromatic rings. The molecule has 0 bridgehead atoms. The summed E-state index contributed by atoms with van der Waals surface area (Å²) in [4.78, 5) is 36.9. The summed E-state index contributed by atoms with van der Waals surface area (Å²) in [5.41, 5.74) is -1.32. The van der Waals surface area contributed by atoms with Gasteiger partial charge in [-0.15, -0.1) is 0 Å². The van der Waals surface area contributed by atoms with E-state index in [2.05, 4.69) is 0 Å². The van der Waals surface area contributed by atoms with Gasteiger partial charge in [-0.05, 0) is 24.6 Å². The van der Waals surface area contributed by atoms with Gasteiger partial charge in [0.15, 0.2) is 5.78 Å². The number of aliphatic hydroxyl groups is 1. The number of aromatic hydroxyl groups is 1. The predicted molar refractivity (Wildman–Crippen MR) is 82.1 cm³/mol. The number of esters is 2. The van der Waals surface area contributed by atoms with E-state index in [9.17, 15) is 24.6 Å². The van der Waals surface area contributed by atoms with E-state index in [0.717, 1.165) is 7.11 Å². The Bertz CT molecular complexity index is 665. The number of ether oxygens (including phenoxy) is 2. The highest BCUT2D eigenvalue weighted by Crippen LogP contribution is 2.47. The van der Waals surface area contributed by atoms with E-state index in [0.29, 0.717) is 5.56 Å². The molecule has 7 heteroatoms. The van der Waals surface area contributed by atoms with E-state index in [4.69, 9.17) is 9.47 Å². The van der Waals surface area contributed by atoms with E-state index < -0.39 is 41.1 Å². The molecule has 1 fully saturated rings. The topological polar surface area (TPSA) is 110 Å². The highest BCUT2D eigenvalue weighted by Gasteiger charge is 2.56. The molecule has 7 nitrogen and oxygen atoms in total. The second kappa shape index (κ2) is 6.60. The van der Waals surface area contributed by atoms with Gasteiger partial charge in [-0.1, -0.05) is 12.1 Å². The second-order valence-corrected chi connectivity index (χ2v) is 6.12. The Morgan fingerprint density at radius 3 is 2.38 bits per heavy atom. The summed E-state index contributed by atoms with van der Waals surface area (Å²) >= 11 is 0. The lowest BCUT2D eigenvalue weighted by molar-refractivity contribution is -0.170. The maximum Gasteiger partial charge on any atom is 0.316 e. The van der Waals surface area contributed by atoms with E-state index in [1.165, 1.54) is 32.2 Å². The zero-order valence-corrected chi connectivity index (χ0v) is 13.7. The van der Waals surface area contributed by atoms with E-state index in [1.807, 2.05) is 0 Å². The molecule has 1 aliphatic rings. The van der Waals surface area contributed by atoms with Crippen molar-refractivity contribution in [2.24, 2.45) is 11.8 Å². The van der Waals surface area contributed by atoms with Crippen molar-refractivity contribution >= 4 is 17.7 Å². The number of ketones is 1. The first-order valence-electron chi connectivity index (χ1n) is 7.42. The molecule has 0 unspecified atom stereocenters. The zero-order chi connectivity index (χ0) is 18.1. The average molecular weight is 336 g/mol. The van der Waals surface area contributed by atoms with Crippen LogP contribution in [0.5, 0.6) is 5.75 Å². The molecule has 24 heavy (non-hydrogen) atoms. The molecule has 2 N–H and O–H groups in total. The van der Waals surface area contributed by atoms with Crippen molar-refractivity contribution in [1.82, 2.24) is 0 Å². The zero-order valence-electron chi connectivity index (χ0n) is 13.7. The molecular weight excluding hydrogens is 316 g/mol. The minimum atomic E-state index is -1.69. The lowest BCUT2D eigenvalue weighted by atomic mass is 9.61. The molecule has 0 heterocycles. The van der Waals surface area contributed by atoms with E-state index in [-0.39, 0.29) is 12.2 Å². The Morgan fingerprint density at radius 2 is 1.83 bits per heavy atom. The summed E-state index contributed by atoms with van der Waals surface area (Å²) in [6.45, 7) is 1.36. The van der Waals surface area contributed by atoms with Gasteiger partial charge >= 0.3 is 11.9 Å². The maximum absolute atomic E-state index is 12.5. The van der Waals surface area contributed by atoms with Crippen molar-refractivity contribution in [2.45, 2.75) is 24.9 Å². The van der Waals surface area contributed by atoms with Crippen LogP contribution in [0.15, 0.2) is 24.3 Å². The van der Waals surface area contributed by atoms with Gasteiger partial charge in [0.05, 0.1) is 25.7 Å². The van der Waals surface area contributed by atoms with Gasteiger partial charge in [-0.25, -0.2) is 0 Å². The van der Waals surface area contributed by atoms with Crippen molar-refractivity contribution in [3.05, 3.63) is 29.8 Å². The van der Waals surface area contributed by atoms with Gasteiger partial charge in [-0.3, -0.25) is 14.4 Å². The van der Waals surface area contributed by atoms with Crippen molar-refractivity contribution in [1.29, 1.82) is 0 Å². The number of carbonyl (C=O) groups is 3. The molecular formula is C17H20O7. The lowest BCUT2D eigenvalue weighted by Crippen LogP contribution is -2.55. The number of hydrogen-bond acceptors (Lipinski definition) is 7. The van der Waals surface area contributed by atoms with Crippen LogP contribution >= 0.6 is 0 Å². The van der Waals surface area contributed by atoms with Crippen LogP contribution in [-0.4, -0.2) is 47.8 Å². The standard InChI is InChI=1S/C17H20O7/c1-17(22)8-11(19)13(15(20)23-2)12(14(17)16(21)24-3)9-5-4-6-10(18)7-9/h4-7,12-14,18,22H,8H2,1-3H3/t12-,13+,14+,17+/m1/s1. The molecule has 2 rings (SSSR count). The fourth-order valence-electron chi connectivity index (χ4n) is 3.40. The number of carbonyl (C=O) groups excluding carboxylic acids is 3. The first kappa shape index (κ1) is 17.9. The minimum Gasteiger partial charge on any atom is -0.508 e. The minimum absolute atomic E-state index is 0.0857. The Morgan fingerprint density at radius 1 is 1.21 bits per heavy atom. The molecule has 0 aliphatic heterocycles. The van der Waals surface area contributed by atoms with E-state index in [1.54, 1.807) is 6.07 Å². The summed E-state index contributed by atoms with van der Waals surface area (Å²) in [6.07, 6.45) is -0.373. The van der Waals surface area contributed by atoms with Crippen LogP contribution < -0.4 is 0 Å². The quantitative estimate of drug-likeness (QED) is 0.620. The molecule has 1 aliphatic carbocycles. The summed E-state index contributed by atoms with van der Waals surface area (Å²) < 4.78 is 9.50. The molecule has 0 amide bonds. The fourth-order valence-corrected chi connectivity index (χ4v) is 3.40. The van der Waals surface area contributed by atoms with Crippen LogP contribution in [0.4, 0.5) is 0 Å². The van der Waals surface area contributed by atoms with Crippen molar-refractivity contribution in [3.8, 4) is 5.75 Å². The molecule has 1 aromatic carbocycles. The molecule has 4 atom stereocenters. The monoisotopic (exact) mass is 336 g/mol. The van der Waals surface area contributed by atoms with E-state index >= 15 is 0 Å². The third-order valence-electron chi connectivity index (χ3n) is 4.43. The number of phenolic OH excluding ortho intramolecular Hbond substituents is 1. The third kappa shape index (κ3) is 3.12. The van der Waals surface area contributed by atoms with Crippen LogP contribution in [0.25, 0.3) is 0 Å². The molecule has 0 spiro atoms. The van der Waals surface area contributed by atoms with Crippen LogP contribution in [0, 0.1) is 11.8 Å². The predicted octanol–water partition coefficient (Wildman–Crippen LogP) is 0.778. The molecule has 1 saturated carbocycles. The summed E-state index contributed by atoms with van der Waals surface area (Å²) in [7, 11) is 2.32. The first-order chi connectivity index (χ1) is 11.2. The Labute approximate surface area is 139 Å². The lowest BCUT2D eigenvalue weighted by Gasteiger charge is -2.43. The van der Waals surface area contributed by atoms with Gasteiger partial charge in [0.25, 0.3) is 0 Å². The number of rotatable bonds is 3. The molecule has 130 valence electrons. The summed E-state index contributed by atoms with van der Waals surface area (Å²) in [5.74, 6) is -5.58. The SMILES string of the molecule is COC(=O)[C@H]1C(=O)C[C@](C)(O)[C@H](C(=O)OC)[C@@H]1c1cccc(O)c1. The first-order valence-corrected chi connectivity index (χ1v) is 7.42. The number of benzene rings is 1. The summed E-state index contributed by atoms with van der Waals surface area (Å²) in [5, 5.41) is 20.4. The Balaban J connectivity index is 2.65. The normalized spacial score (nSPS) is 29.8. The average Bonchev–Trinajstić information content (AvgIpc) is 2.52. The van der Waals surface area contributed by atoms with Crippen molar-refractivity contribution in [2.75, 3.05) is 14.2 Å². The van der Waals surface area contributed by atoms with Gasteiger partial charge < -0.3 is 19.7 Å². The molecule has 0 radical (unpaired) electrons. The molecule has 0 saturated heterocycles. The highest BCUT2D eigenvalue weighted by atomic mass is 16.5. The van der Waals surface area contributed by atoms with Crippen LogP contribution in [0.2, 0.25) is 0 Å². The van der Waals surface area contributed by atoms with Gasteiger partial charge in [0.1, 0.15) is 11.7 Å². The fraction of sp³-hybridized carbons (Fsp3) is 0.471. The number of Topliss-reactive ketones (excluding diaryl/α,β-unsaturated/α-hetero) is 1. The smallest absolute Gasteiger partial charge is 0.316 e. The molecule has 0 aromatic heterocycles. The highest BCUT2D eigenvalue weighted by molar-refractivity contribution is 6.02. The van der Waals surface area contributed by atoms with Crippen LogP contribution in [0.1, 0.15) is 24.8 Å². The largest absolute Gasteiger partial charge is 0.508 e. The number of phenols is 1. The van der Waals surface area contributed by atoms with Gasteiger partial charge in [-0.2, -0.15) is 0 Å². The third-order valence-corrected chi connectivity index (χ3v) is 4.43. The van der Waals surface area contributed by atoms with Crippen LogP contribution in [-0.2, 0) is 23.9 Å². The Hall–Kier alpha value is -2.41. The summed E-state index contributed by atoms with van der Waals surface area (Å²) in [6, 6.07) is 5.88. The maximum atomic E-state index is 12.5. The van der Waals surface area contributed by atoms with Crippen molar-refractivity contribution in [3.63, 3.8) is 0 Å². The Kier molecular flexibility index (Phi) is 4.94. The van der Waals surface area contributed by atoms with Crippen molar-refractivity contribution < 1.29 is 34.1 Å². The van der Waals surface area contributed by atoms with Crippen LogP contribution in [0.3, 0.4) is 0 Å². The second-order valence-electron chi connectivity index (χ2n) is 6.12. The van der Waals surface area contributed by atoms with Gasteiger partial charge in [0, 0.05) is 12.3 Å². The number of methoxy groups -OCH3 is 2.